The molecule has 1 aromatic rings. The summed E-state index contributed by atoms with van der Waals surface area (Å²) in [7, 11) is 1.89. The summed E-state index contributed by atoms with van der Waals surface area (Å²) >= 11 is 1.63. The van der Waals surface area contributed by atoms with Crippen LogP contribution < -0.4 is 10.0 Å². The highest BCUT2D eigenvalue weighted by Gasteiger charge is 2.20. The summed E-state index contributed by atoms with van der Waals surface area (Å²) in [4.78, 5) is 0. The number of benzene rings is 1. The van der Waals surface area contributed by atoms with Crippen molar-refractivity contribution in [3.8, 4) is 0 Å². The Balaban J connectivity index is 2.78. The first kappa shape index (κ1) is 25.6. The molecule has 0 heterocycles. The monoisotopic (exact) mass is 420 g/mol. The highest BCUT2D eigenvalue weighted by molar-refractivity contribution is 7.96. The number of nitrogens with one attached hydrogen (secondary N) is 2. The van der Waals surface area contributed by atoms with Crippen molar-refractivity contribution in [1.82, 2.24) is 10.0 Å². The number of likely N-dealkylation sites (N-methyl/N-ethyl adjacent to an activating group) is 1. The summed E-state index contributed by atoms with van der Waals surface area (Å²) in [6, 6.07) is 8.94. The molecule has 0 aliphatic rings. The molecule has 0 bridgehead atoms. The van der Waals surface area contributed by atoms with E-state index < -0.39 is 5.67 Å². The van der Waals surface area contributed by atoms with Crippen LogP contribution in [0.15, 0.2) is 60.2 Å². The second-order valence-electron chi connectivity index (χ2n) is 7.65. The zero-order chi connectivity index (χ0) is 21.9. The van der Waals surface area contributed by atoms with Crippen LogP contribution >= 0.6 is 11.9 Å². The standard InChI is InChI=1S/C24H37FN2OS/c1-8-9-22(16-18(2)24(4,5)25)23(17-26-6)28-15-14-20-10-12-21(13-11-20)19(3)27-29-7/h8-13,16,19,23,26-27H,1,14-15,17H2,2-7H3/b18-16+,22-9+. The number of allylic oxidation sites excluding steroid dienone is 3. The average molecular weight is 421 g/mol. The SMILES string of the molecule is C=C/C=C(\C=C(/C)C(C)(C)F)C(CNC)OCCc1ccc(C(C)NSC)cc1. The van der Waals surface area contributed by atoms with E-state index in [0.29, 0.717) is 24.8 Å². The Morgan fingerprint density at radius 2 is 1.97 bits per heavy atom. The summed E-state index contributed by atoms with van der Waals surface area (Å²) in [5.74, 6) is 0. The summed E-state index contributed by atoms with van der Waals surface area (Å²) in [5.41, 5.74) is 2.72. The van der Waals surface area contributed by atoms with E-state index in [9.17, 15) is 4.39 Å². The molecule has 0 aliphatic carbocycles. The van der Waals surface area contributed by atoms with Gasteiger partial charge in [-0.2, -0.15) is 0 Å². The maximum absolute atomic E-state index is 14.3. The van der Waals surface area contributed by atoms with E-state index in [1.54, 1.807) is 31.9 Å². The Bertz CT molecular complexity index is 677. The van der Waals surface area contributed by atoms with Gasteiger partial charge in [0.05, 0.1) is 12.7 Å². The van der Waals surface area contributed by atoms with Crippen molar-refractivity contribution in [1.29, 1.82) is 0 Å². The first-order valence-corrected chi connectivity index (χ1v) is 11.3. The molecule has 2 N–H and O–H groups in total. The Hall–Kier alpha value is -1.40. The van der Waals surface area contributed by atoms with Crippen LogP contribution in [0.4, 0.5) is 4.39 Å². The van der Waals surface area contributed by atoms with E-state index in [1.165, 1.54) is 11.1 Å². The van der Waals surface area contributed by atoms with Crippen molar-refractivity contribution in [2.75, 3.05) is 26.5 Å². The second kappa shape index (κ2) is 13.0. The van der Waals surface area contributed by atoms with Gasteiger partial charge >= 0.3 is 0 Å². The molecule has 0 saturated carbocycles. The van der Waals surface area contributed by atoms with Crippen LogP contribution in [0, 0.1) is 0 Å². The highest BCUT2D eigenvalue weighted by Crippen LogP contribution is 2.23. The molecule has 162 valence electrons. The van der Waals surface area contributed by atoms with Crippen LogP contribution in [-0.2, 0) is 11.2 Å². The minimum atomic E-state index is -1.37. The molecule has 1 rings (SSSR count). The number of alkyl halides is 1. The molecule has 1 aromatic carbocycles. The van der Waals surface area contributed by atoms with Crippen LogP contribution in [0.3, 0.4) is 0 Å². The molecule has 5 heteroatoms. The third-order valence-electron chi connectivity index (χ3n) is 4.88. The van der Waals surface area contributed by atoms with Gasteiger partial charge in [0.25, 0.3) is 0 Å². The third-order valence-corrected chi connectivity index (χ3v) is 5.47. The van der Waals surface area contributed by atoms with E-state index in [0.717, 1.165) is 12.0 Å². The lowest BCUT2D eigenvalue weighted by molar-refractivity contribution is 0.0829. The Kier molecular flexibility index (Phi) is 11.5. The lowest BCUT2D eigenvalue weighted by atomic mass is 9.97. The van der Waals surface area contributed by atoms with Crippen LogP contribution in [0.5, 0.6) is 0 Å². The Labute approximate surface area is 181 Å². The first-order valence-electron chi connectivity index (χ1n) is 10.1. The number of hydrogen-bond donors (Lipinski definition) is 2. The van der Waals surface area contributed by atoms with E-state index in [-0.39, 0.29) is 6.10 Å². The highest BCUT2D eigenvalue weighted by atomic mass is 32.2. The molecular formula is C24H37FN2OS. The Morgan fingerprint density at radius 1 is 1.31 bits per heavy atom. The third kappa shape index (κ3) is 9.30. The molecule has 2 unspecified atom stereocenters. The topological polar surface area (TPSA) is 33.3 Å². The van der Waals surface area contributed by atoms with Crippen LogP contribution in [0.2, 0.25) is 0 Å². The lowest BCUT2D eigenvalue weighted by Crippen LogP contribution is -2.29. The predicted octanol–water partition coefficient (Wildman–Crippen LogP) is 5.57. The van der Waals surface area contributed by atoms with Gasteiger partial charge in [0, 0.05) is 12.6 Å². The second-order valence-corrected chi connectivity index (χ2v) is 8.30. The molecule has 2 atom stereocenters. The quantitative estimate of drug-likeness (QED) is 0.323. The van der Waals surface area contributed by atoms with Crippen molar-refractivity contribution >= 4 is 11.9 Å². The van der Waals surface area contributed by atoms with Gasteiger partial charge in [-0.1, -0.05) is 61.0 Å². The van der Waals surface area contributed by atoms with Gasteiger partial charge in [-0.15, -0.1) is 0 Å². The summed E-state index contributed by atoms with van der Waals surface area (Å²) in [5, 5.41) is 3.17. The molecule has 0 spiro atoms. The van der Waals surface area contributed by atoms with Crippen LogP contribution in [0.25, 0.3) is 0 Å². The summed E-state index contributed by atoms with van der Waals surface area (Å²) in [6.45, 7) is 12.1. The van der Waals surface area contributed by atoms with Gasteiger partial charge in [0.1, 0.15) is 5.67 Å². The Morgan fingerprint density at radius 3 is 2.48 bits per heavy atom. The molecule has 0 aromatic heterocycles. The fourth-order valence-electron chi connectivity index (χ4n) is 2.80. The minimum Gasteiger partial charge on any atom is -0.372 e. The van der Waals surface area contributed by atoms with Gasteiger partial charge in [-0.25, -0.2) is 4.39 Å². The van der Waals surface area contributed by atoms with E-state index in [4.69, 9.17) is 4.74 Å². The zero-order valence-corrected chi connectivity index (χ0v) is 19.5. The van der Waals surface area contributed by atoms with Crippen LogP contribution in [-0.4, -0.2) is 38.2 Å². The summed E-state index contributed by atoms with van der Waals surface area (Å²) < 4.78 is 23.8. The van der Waals surface area contributed by atoms with E-state index in [1.807, 2.05) is 32.4 Å². The predicted molar refractivity (Wildman–Crippen MR) is 126 cm³/mol. The minimum absolute atomic E-state index is 0.166. The maximum atomic E-state index is 14.3. The van der Waals surface area contributed by atoms with Crippen molar-refractivity contribution in [3.05, 3.63) is 71.3 Å². The molecule has 0 radical (unpaired) electrons. The number of rotatable bonds is 13. The molecule has 0 saturated heterocycles. The van der Waals surface area contributed by atoms with Gasteiger partial charge in [0.2, 0.25) is 0 Å². The van der Waals surface area contributed by atoms with E-state index >= 15 is 0 Å². The van der Waals surface area contributed by atoms with Gasteiger partial charge < -0.3 is 10.1 Å². The van der Waals surface area contributed by atoms with Crippen molar-refractivity contribution in [2.24, 2.45) is 0 Å². The molecule has 0 fully saturated rings. The first-order chi connectivity index (χ1) is 13.7. The van der Waals surface area contributed by atoms with Crippen molar-refractivity contribution in [2.45, 2.75) is 51.9 Å². The van der Waals surface area contributed by atoms with Crippen LogP contribution in [0.1, 0.15) is 44.9 Å². The smallest absolute Gasteiger partial charge is 0.126 e. The van der Waals surface area contributed by atoms with E-state index in [2.05, 4.69) is 47.8 Å². The molecule has 3 nitrogen and oxygen atoms in total. The number of halogens is 1. The van der Waals surface area contributed by atoms with Crippen molar-refractivity contribution < 1.29 is 9.13 Å². The zero-order valence-electron chi connectivity index (χ0n) is 18.7. The van der Waals surface area contributed by atoms with Gasteiger partial charge in [-0.05, 0) is 69.7 Å². The molecule has 0 amide bonds. The fourth-order valence-corrected chi connectivity index (χ4v) is 3.29. The molecular weight excluding hydrogens is 383 g/mol. The normalized spacial score (nSPS) is 15.3. The lowest BCUT2D eigenvalue weighted by Gasteiger charge is -2.22. The molecule has 0 aliphatic heterocycles. The van der Waals surface area contributed by atoms with Crippen molar-refractivity contribution in [3.63, 3.8) is 0 Å². The fraction of sp³-hybridized carbons (Fsp3) is 0.500. The van der Waals surface area contributed by atoms with Gasteiger partial charge in [-0.3, -0.25) is 4.72 Å². The number of ether oxygens (including phenoxy) is 1. The van der Waals surface area contributed by atoms with Gasteiger partial charge in [0.15, 0.2) is 0 Å². The average Bonchev–Trinajstić information content (AvgIpc) is 2.67. The molecule has 29 heavy (non-hydrogen) atoms. The maximum Gasteiger partial charge on any atom is 0.126 e. The largest absolute Gasteiger partial charge is 0.372 e. The number of hydrogen-bond acceptors (Lipinski definition) is 4. The summed E-state index contributed by atoms with van der Waals surface area (Å²) in [6.07, 6.45) is 8.18.